The van der Waals surface area contributed by atoms with E-state index in [1.54, 1.807) is 4.90 Å². The summed E-state index contributed by atoms with van der Waals surface area (Å²) in [5, 5.41) is 24.0. The molecule has 166 valence electrons. The molecule has 1 saturated carbocycles. The molecule has 3 rings (SSSR count). The molecule has 0 radical (unpaired) electrons. The average Bonchev–Trinajstić information content (AvgIpc) is 2.67. The molecule has 1 heterocycles. The fraction of sp³-hybridized carbons (Fsp3) is 0.632. The van der Waals surface area contributed by atoms with Crippen molar-refractivity contribution in [1.82, 2.24) is 0 Å². The van der Waals surface area contributed by atoms with E-state index in [0.717, 1.165) is 6.07 Å². The molecule has 0 unspecified atom stereocenters. The second kappa shape index (κ2) is 8.65. The summed E-state index contributed by atoms with van der Waals surface area (Å²) in [6, 6.07) is 1.93. The number of rotatable bonds is 5. The molecule has 1 aliphatic carbocycles. The van der Waals surface area contributed by atoms with Crippen molar-refractivity contribution >= 4 is 23.0 Å². The molecule has 2 fully saturated rings. The van der Waals surface area contributed by atoms with Gasteiger partial charge in [-0.15, -0.1) is 0 Å². The van der Waals surface area contributed by atoms with Gasteiger partial charge in [0.2, 0.25) is 0 Å². The van der Waals surface area contributed by atoms with Crippen molar-refractivity contribution in [3.8, 4) is 0 Å². The highest BCUT2D eigenvalue weighted by Gasteiger charge is 2.41. The Hall–Kier alpha value is -2.59. The number of carboxylic acids is 1. The third kappa shape index (κ3) is 4.93. The summed E-state index contributed by atoms with van der Waals surface area (Å²) in [6.45, 7) is 0.546. The predicted octanol–water partition coefficient (Wildman–Crippen LogP) is 4.76. The summed E-state index contributed by atoms with van der Waals surface area (Å²) < 4.78 is 52.1. The van der Waals surface area contributed by atoms with Gasteiger partial charge in [-0.05, 0) is 44.6 Å². The van der Waals surface area contributed by atoms with Crippen LogP contribution in [0.15, 0.2) is 12.1 Å². The monoisotopic (exact) mass is 433 g/mol. The van der Waals surface area contributed by atoms with Gasteiger partial charge in [0.1, 0.15) is 11.9 Å². The van der Waals surface area contributed by atoms with Crippen LogP contribution in [0, 0.1) is 16.0 Å². The Kier molecular flexibility index (Phi) is 6.37. The first-order valence-electron chi connectivity index (χ1n) is 9.84. The number of carboxylic acid groups (broad SMARTS) is 1. The van der Waals surface area contributed by atoms with Gasteiger partial charge in [0, 0.05) is 25.2 Å². The fourth-order valence-corrected chi connectivity index (χ4v) is 4.15. The zero-order valence-electron chi connectivity index (χ0n) is 16.1. The lowest BCUT2D eigenvalue weighted by molar-refractivity contribution is -0.384. The second-order valence-corrected chi connectivity index (χ2v) is 7.84. The zero-order valence-corrected chi connectivity index (χ0v) is 16.1. The van der Waals surface area contributed by atoms with Crippen LogP contribution in [-0.2, 0) is 0 Å². The number of nitrogens with zero attached hydrogens (tertiary/aromatic N) is 2. The topological polar surface area (TPSA) is 95.7 Å². The van der Waals surface area contributed by atoms with Gasteiger partial charge < -0.3 is 15.3 Å². The largest absolute Gasteiger partial charge is 0.478 e. The van der Waals surface area contributed by atoms with Crippen LogP contribution in [0.5, 0.6) is 0 Å². The van der Waals surface area contributed by atoms with Crippen LogP contribution in [0.4, 0.5) is 34.6 Å². The normalized spacial score (nSPS) is 23.3. The molecule has 30 heavy (non-hydrogen) atoms. The minimum atomic E-state index is -4.25. The molecule has 0 amide bonds. The van der Waals surface area contributed by atoms with Gasteiger partial charge in [0.25, 0.3) is 5.69 Å². The number of halogens is 4. The molecule has 0 spiro atoms. The van der Waals surface area contributed by atoms with Crippen LogP contribution in [0.3, 0.4) is 0 Å². The van der Waals surface area contributed by atoms with Crippen molar-refractivity contribution < 1.29 is 32.4 Å². The Bertz CT molecular complexity index is 802. The van der Waals surface area contributed by atoms with Gasteiger partial charge >= 0.3 is 12.1 Å². The maximum absolute atomic E-state index is 13.5. The van der Waals surface area contributed by atoms with Crippen molar-refractivity contribution in [2.24, 2.45) is 5.92 Å². The number of carbonyl (C=O) groups is 1. The summed E-state index contributed by atoms with van der Waals surface area (Å²) in [4.78, 5) is 24.2. The number of hydrogen-bond acceptors (Lipinski definition) is 5. The molecule has 1 aromatic rings. The maximum Gasteiger partial charge on any atom is 0.391 e. The zero-order chi connectivity index (χ0) is 22.1. The van der Waals surface area contributed by atoms with Crippen LogP contribution >= 0.6 is 0 Å². The quantitative estimate of drug-likeness (QED) is 0.395. The van der Waals surface area contributed by atoms with Crippen molar-refractivity contribution in [1.29, 1.82) is 0 Å². The first kappa shape index (κ1) is 22.1. The molecule has 11 heteroatoms. The smallest absolute Gasteiger partial charge is 0.391 e. The Morgan fingerprint density at radius 1 is 1.13 bits per heavy atom. The van der Waals surface area contributed by atoms with E-state index >= 15 is 0 Å². The highest BCUT2D eigenvalue weighted by atomic mass is 19.4. The molecule has 1 aromatic carbocycles. The molecule has 2 N–H and O–H groups in total. The Balaban J connectivity index is 1.86. The standard InChI is InChI=1S/C19H23F4N3O4/c20-12-5-7-25(8-6-12)16-10-15(17(26(29)30)9-14(16)18(27)28)24-13-3-1-11(2-4-13)19(21,22)23/h9-13,24H,1-8H2,(H,27,28). The SMILES string of the molecule is O=C(O)c1cc([N+](=O)[O-])c(NC2CCC(C(F)(F)F)CC2)cc1N1CCC(F)CC1. The first-order chi connectivity index (χ1) is 14.1. The third-order valence-corrected chi connectivity index (χ3v) is 5.86. The highest BCUT2D eigenvalue weighted by Crippen LogP contribution is 2.40. The Morgan fingerprint density at radius 2 is 1.73 bits per heavy atom. The van der Waals surface area contributed by atoms with E-state index in [2.05, 4.69) is 5.32 Å². The van der Waals surface area contributed by atoms with Crippen molar-refractivity contribution in [2.45, 2.75) is 56.9 Å². The lowest BCUT2D eigenvalue weighted by atomic mass is 9.85. The fourth-order valence-electron chi connectivity index (χ4n) is 4.15. The summed E-state index contributed by atoms with van der Waals surface area (Å²) >= 11 is 0. The van der Waals surface area contributed by atoms with Gasteiger partial charge in [-0.25, -0.2) is 9.18 Å². The van der Waals surface area contributed by atoms with Gasteiger partial charge in [0.05, 0.1) is 22.1 Å². The van der Waals surface area contributed by atoms with E-state index in [1.165, 1.54) is 6.07 Å². The number of piperidine rings is 1. The van der Waals surface area contributed by atoms with E-state index in [4.69, 9.17) is 0 Å². The third-order valence-electron chi connectivity index (χ3n) is 5.86. The molecule has 0 aromatic heterocycles. The van der Waals surface area contributed by atoms with Crippen LogP contribution in [0.2, 0.25) is 0 Å². The van der Waals surface area contributed by atoms with Crippen molar-refractivity contribution in [3.63, 3.8) is 0 Å². The van der Waals surface area contributed by atoms with Gasteiger partial charge in [-0.1, -0.05) is 0 Å². The van der Waals surface area contributed by atoms with E-state index in [9.17, 15) is 37.6 Å². The van der Waals surface area contributed by atoms with Gasteiger partial charge in [-0.2, -0.15) is 13.2 Å². The number of aromatic carboxylic acids is 1. The van der Waals surface area contributed by atoms with Crippen LogP contribution < -0.4 is 10.2 Å². The number of hydrogen-bond donors (Lipinski definition) is 2. The van der Waals surface area contributed by atoms with E-state index in [0.29, 0.717) is 0 Å². The lowest BCUT2D eigenvalue weighted by Gasteiger charge is -2.33. The minimum absolute atomic E-state index is 0.0674. The summed E-state index contributed by atoms with van der Waals surface area (Å²) in [5.41, 5.74) is -0.399. The number of nitrogens with one attached hydrogen (secondary N) is 1. The second-order valence-electron chi connectivity index (χ2n) is 7.84. The number of benzene rings is 1. The number of alkyl halides is 4. The lowest BCUT2D eigenvalue weighted by Crippen LogP contribution is -2.35. The summed E-state index contributed by atoms with van der Waals surface area (Å²) in [6.07, 6.45) is -4.53. The predicted molar refractivity (Wildman–Crippen MR) is 102 cm³/mol. The Labute approximate surface area is 170 Å². The number of anilines is 2. The molecular formula is C19H23F4N3O4. The summed E-state index contributed by atoms with van der Waals surface area (Å²) in [5.74, 6) is -2.72. The molecule has 2 aliphatic rings. The van der Waals surface area contributed by atoms with Gasteiger partial charge in [0.15, 0.2) is 0 Å². The van der Waals surface area contributed by atoms with E-state index in [-0.39, 0.29) is 74.6 Å². The molecule has 1 saturated heterocycles. The Morgan fingerprint density at radius 3 is 2.23 bits per heavy atom. The number of nitro benzene ring substituents is 1. The van der Waals surface area contributed by atoms with Crippen LogP contribution in [-0.4, -0.2) is 47.5 Å². The highest BCUT2D eigenvalue weighted by molar-refractivity contribution is 5.97. The average molecular weight is 433 g/mol. The first-order valence-corrected chi connectivity index (χ1v) is 9.84. The molecular weight excluding hydrogens is 410 g/mol. The van der Waals surface area contributed by atoms with E-state index < -0.39 is 34.8 Å². The summed E-state index contributed by atoms with van der Waals surface area (Å²) in [7, 11) is 0. The van der Waals surface area contributed by atoms with Crippen LogP contribution in [0.1, 0.15) is 48.9 Å². The van der Waals surface area contributed by atoms with Crippen molar-refractivity contribution in [3.05, 3.63) is 27.8 Å². The minimum Gasteiger partial charge on any atom is -0.478 e. The number of nitro groups is 1. The van der Waals surface area contributed by atoms with Crippen LogP contribution in [0.25, 0.3) is 0 Å². The molecule has 1 aliphatic heterocycles. The molecule has 0 atom stereocenters. The maximum atomic E-state index is 13.5. The van der Waals surface area contributed by atoms with Gasteiger partial charge in [-0.3, -0.25) is 10.1 Å². The molecule has 7 nitrogen and oxygen atoms in total. The molecule has 0 bridgehead atoms. The van der Waals surface area contributed by atoms with E-state index in [1.807, 2.05) is 0 Å². The van der Waals surface area contributed by atoms with Crippen molar-refractivity contribution in [2.75, 3.05) is 23.3 Å².